The van der Waals surface area contributed by atoms with Crippen LogP contribution in [-0.4, -0.2) is 16.1 Å². The molecule has 0 aliphatic rings. The van der Waals surface area contributed by atoms with Crippen molar-refractivity contribution in [2.24, 2.45) is 0 Å². The molecule has 0 saturated carbocycles. The van der Waals surface area contributed by atoms with E-state index in [1.807, 2.05) is 13.0 Å². The molecule has 0 spiro atoms. The Labute approximate surface area is 108 Å². The van der Waals surface area contributed by atoms with Gasteiger partial charge in [0.1, 0.15) is 11.6 Å². The highest BCUT2D eigenvalue weighted by Crippen LogP contribution is 2.35. The summed E-state index contributed by atoms with van der Waals surface area (Å²) in [6, 6.07) is 6.71. The molecule has 5 nitrogen and oxygen atoms in total. The second-order valence-electron chi connectivity index (χ2n) is 3.69. The van der Waals surface area contributed by atoms with Crippen LogP contribution in [0.5, 0.6) is 0 Å². The molecule has 0 bridgehead atoms. The average molecular weight is 264 g/mol. The van der Waals surface area contributed by atoms with E-state index in [4.69, 9.17) is 15.3 Å². The zero-order valence-corrected chi connectivity index (χ0v) is 10.5. The van der Waals surface area contributed by atoms with Crippen LogP contribution in [0.3, 0.4) is 0 Å². The van der Waals surface area contributed by atoms with E-state index in [9.17, 15) is 4.79 Å². The highest BCUT2D eigenvalue weighted by Gasteiger charge is 2.15. The smallest absolute Gasteiger partial charge is 0.371 e. The summed E-state index contributed by atoms with van der Waals surface area (Å²) in [5, 5.41) is 8.78. The Hall–Kier alpha value is -1.95. The van der Waals surface area contributed by atoms with Crippen molar-refractivity contribution < 1.29 is 14.3 Å². The van der Waals surface area contributed by atoms with Crippen LogP contribution in [0.15, 0.2) is 39.8 Å². The van der Waals surface area contributed by atoms with Crippen LogP contribution in [-0.2, 0) is 0 Å². The van der Waals surface area contributed by atoms with E-state index < -0.39 is 5.97 Å². The van der Waals surface area contributed by atoms with Crippen LogP contribution in [0.25, 0.3) is 0 Å². The molecule has 3 N–H and O–H groups in total. The molecule has 0 saturated heterocycles. The van der Waals surface area contributed by atoms with Gasteiger partial charge in [-0.15, -0.1) is 11.8 Å². The number of thioether (sulfide) groups is 1. The Morgan fingerprint density at radius 1 is 1.44 bits per heavy atom. The van der Waals surface area contributed by atoms with Gasteiger partial charge in [-0.1, -0.05) is 0 Å². The maximum atomic E-state index is 10.7. The molecule has 2 heterocycles. The first-order valence-corrected chi connectivity index (χ1v) is 6.15. The molecule has 18 heavy (non-hydrogen) atoms. The van der Waals surface area contributed by atoms with E-state index in [2.05, 4.69) is 4.98 Å². The van der Waals surface area contributed by atoms with Crippen LogP contribution in [0, 0.1) is 0 Å². The van der Waals surface area contributed by atoms with E-state index in [0.717, 1.165) is 4.90 Å². The van der Waals surface area contributed by atoms with E-state index >= 15 is 0 Å². The van der Waals surface area contributed by atoms with Gasteiger partial charge >= 0.3 is 5.97 Å². The maximum Gasteiger partial charge on any atom is 0.371 e. The van der Waals surface area contributed by atoms with Crippen LogP contribution in [0.4, 0.5) is 5.82 Å². The average Bonchev–Trinajstić information content (AvgIpc) is 2.81. The van der Waals surface area contributed by atoms with Gasteiger partial charge < -0.3 is 15.3 Å². The number of nitrogen functional groups attached to an aromatic ring is 1. The third kappa shape index (κ3) is 2.84. The summed E-state index contributed by atoms with van der Waals surface area (Å²) < 4.78 is 5.24. The fraction of sp³-hybridized carbons (Fsp3) is 0.167. The first-order chi connectivity index (χ1) is 8.56. The largest absolute Gasteiger partial charge is 0.475 e. The van der Waals surface area contributed by atoms with Crippen molar-refractivity contribution in [2.45, 2.75) is 17.1 Å². The molecular weight excluding hydrogens is 252 g/mol. The molecule has 0 radical (unpaired) electrons. The second kappa shape index (κ2) is 5.14. The first-order valence-electron chi connectivity index (χ1n) is 5.27. The number of hydrogen-bond donors (Lipinski definition) is 2. The monoisotopic (exact) mass is 264 g/mol. The molecule has 0 aliphatic heterocycles. The summed E-state index contributed by atoms with van der Waals surface area (Å²) in [5.41, 5.74) is 5.50. The van der Waals surface area contributed by atoms with Gasteiger partial charge in [0.05, 0.1) is 5.25 Å². The predicted octanol–water partition coefficient (Wildman–Crippen LogP) is 2.81. The standard InChI is InChI=1S/C12H12N2O3S/c1-7(9-3-4-10(17-9)12(15)16)18-8-2-5-11(13)14-6-8/h2-7H,1H3,(H2,13,14)(H,15,16). The van der Waals surface area contributed by atoms with Gasteiger partial charge in [-0.3, -0.25) is 0 Å². The third-order valence-corrected chi connectivity index (χ3v) is 3.41. The number of anilines is 1. The number of aromatic nitrogens is 1. The quantitative estimate of drug-likeness (QED) is 0.825. The minimum atomic E-state index is -1.06. The zero-order valence-electron chi connectivity index (χ0n) is 9.66. The molecule has 2 aromatic heterocycles. The molecule has 0 aliphatic carbocycles. The van der Waals surface area contributed by atoms with Gasteiger partial charge in [-0.05, 0) is 31.2 Å². The number of aromatic carboxylic acids is 1. The first kappa shape index (κ1) is 12.5. The van der Waals surface area contributed by atoms with Gasteiger partial charge in [0.15, 0.2) is 0 Å². The number of furan rings is 1. The molecule has 0 aromatic carbocycles. The number of rotatable bonds is 4. The highest BCUT2D eigenvalue weighted by molar-refractivity contribution is 7.99. The Morgan fingerprint density at radius 2 is 2.22 bits per heavy atom. The minimum absolute atomic E-state index is 0.00326. The molecule has 6 heteroatoms. The summed E-state index contributed by atoms with van der Waals surface area (Å²) in [6.45, 7) is 1.94. The molecule has 2 rings (SSSR count). The van der Waals surface area contributed by atoms with Crippen molar-refractivity contribution in [1.29, 1.82) is 0 Å². The molecule has 0 amide bonds. The molecule has 1 unspecified atom stereocenters. The summed E-state index contributed by atoms with van der Waals surface area (Å²) in [6.07, 6.45) is 1.68. The lowest BCUT2D eigenvalue weighted by molar-refractivity contribution is 0.0660. The SMILES string of the molecule is CC(Sc1ccc(N)nc1)c1ccc(C(=O)O)o1. The summed E-state index contributed by atoms with van der Waals surface area (Å²) in [7, 11) is 0. The highest BCUT2D eigenvalue weighted by atomic mass is 32.2. The second-order valence-corrected chi connectivity index (χ2v) is 5.10. The number of carboxylic acids is 1. The van der Waals surface area contributed by atoms with Crippen molar-refractivity contribution in [2.75, 3.05) is 5.73 Å². The van der Waals surface area contributed by atoms with Crippen LogP contribution in [0.1, 0.15) is 28.5 Å². The lowest BCUT2D eigenvalue weighted by atomic mass is 10.3. The number of carboxylic acid groups (broad SMARTS) is 1. The van der Waals surface area contributed by atoms with E-state index in [-0.39, 0.29) is 11.0 Å². The minimum Gasteiger partial charge on any atom is -0.475 e. The topological polar surface area (TPSA) is 89.3 Å². The number of pyridine rings is 1. The number of nitrogens with two attached hydrogens (primary N) is 1. The van der Waals surface area contributed by atoms with E-state index in [1.54, 1.807) is 18.3 Å². The summed E-state index contributed by atoms with van der Waals surface area (Å²) >= 11 is 1.53. The van der Waals surface area contributed by atoms with Gasteiger partial charge in [-0.25, -0.2) is 9.78 Å². The number of hydrogen-bond acceptors (Lipinski definition) is 5. The van der Waals surface area contributed by atoms with Gasteiger partial charge in [0.2, 0.25) is 5.76 Å². The van der Waals surface area contributed by atoms with Gasteiger partial charge in [0.25, 0.3) is 0 Å². The third-order valence-electron chi connectivity index (χ3n) is 2.31. The van der Waals surface area contributed by atoms with Crippen molar-refractivity contribution in [3.63, 3.8) is 0 Å². The zero-order chi connectivity index (χ0) is 13.1. The molecular formula is C12H12N2O3S. The number of carbonyl (C=O) groups is 1. The normalized spacial score (nSPS) is 12.3. The Bertz CT molecular complexity index is 551. The van der Waals surface area contributed by atoms with Crippen LogP contribution in [0.2, 0.25) is 0 Å². The van der Waals surface area contributed by atoms with E-state index in [1.165, 1.54) is 17.8 Å². The Kier molecular flexibility index (Phi) is 3.57. The number of nitrogens with zero attached hydrogens (tertiary/aromatic N) is 1. The Morgan fingerprint density at radius 3 is 2.78 bits per heavy atom. The summed E-state index contributed by atoms with van der Waals surface area (Å²) in [5.74, 6) is -0.0205. The molecule has 2 aromatic rings. The van der Waals surface area contributed by atoms with Crippen molar-refractivity contribution >= 4 is 23.5 Å². The lowest BCUT2D eigenvalue weighted by Gasteiger charge is -2.07. The summed E-state index contributed by atoms with van der Waals surface area (Å²) in [4.78, 5) is 15.6. The predicted molar refractivity (Wildman–Crippen MR) is 68.6 cm³/mol. The molecule has 0 fully saturated rings. The maximum absolute atomic E-state index is 10.7. The van der Waals surface area contributed by atoms with E-state index in [0.29, 0.717) is 11.6 Å². The van der Waals surface area contributed by atoms with Crippen molar-refractivity contribution in [3.05, 3.63) is 42.0 Å². The van der Waals surface area contributed by atoms with Crippen LogP contribution >= 0.6 is 11.8 Å². The fourth-order valence-electron chi connectivity index (χ4n) is 1.41. The Balaban J connectivity index is 2.09. The van der Waals surface area contributed by atoms with Gasteiger partial charge in [0, 0.05) is 11.1 Å². The molecule has 1 atom stereocenters. The van der Waals surface area contributed by atoms with Crippen molar-refractivity contribution in [3.8, 4) is 0 Å². The van der Waals surface area contributed by atoms with Crippen LogP contribution < -0.4 is 5.73 Å². The lowest BCUT2D eigenvalue weighted by Crippen LogP contribution is -1.93. The van der Waals surface area contributed by atoms with Crippen molar-refractivity contribution in [1.82, 2.24) is 4.98 Å². The molecule has 94 valence electrons. The fourth-order valence-corrected chi connectivity index (χ4v) is 2.32. The van der Waals surface area contributed by atoms with Gasteiger partial charge in [-0.2, -0.15) is 0 Å².